The Morgan fingerprint density at radius 3 is 2.79 bits per heavy atom. The minimum atomic E-state index is -0.507. The van der Waals surface area contributed by atoms with Crippen molar-refractivity contribution in [2.75, 3.05) is 16.0 Å². The summed E-state index contributed by atoms with van der Waals surface area (Å²) >= 11 is 2.56. The molecule has 2 aliphatic rings. The minimum absolute atomic E-state index is 0.0247. The van der Waals surface area contributed by atoms with Crippen LogP contribution in [-0.2, 0) is 9.59 Å². The summed E-state index contributed by atoms with van der Waals surface area (Å²) in [5.74, 6) is -0.201. The Morgan fingerprint density at radius 1 is 1.21 bits per heavy atom. The Kier molecular flexibility index (Phi) is 7.31. The van der Waals surface area contributed by atoms with Crippen LogP contribution < -0.4 is 16.0 Å². The van der Waals surface area contributed by atoms with Crippen molar-refractivity contribution in [3.05, 3.63) is 87.9 Å². The number of carbonyl (C=O) groups excluding carboxylic acids is 2. The molecule has 10 heteroatoms. The number of hydrogen-bond acceptors (Lipinski definition) is 9. The number of nitrogens with one attached hydrogen (secondary N) is 1. The molecule has 0 spiro atoms. The van der Waals surface area contributed by atoms with Crippen LogP contribution in [0.4, 0.5) is 10.8 Å². The zero-order valence-corrected chi connectivity index (χ0v) is 22.7. The predicted octanol–water partition coefficient (Wildman–Crippen LogP) is 5.19. The number of aromatic nitrogens is 2. The maximum absolute atomic E-state index is 13.3. The molecule has 8 nitrogen and oxygen atoms in total. The smallest absolute Gasteiger partial charge is 0.234 e. The zero-order chi connectivity index (χ0) is 26.8. The SMILES string of the molecule is Cc1cccc(NC(=O)CSc2nnc(N3C(N)=C(C#N)C(c4ccccc4C)C4=C3CCCC4=O)s2)c1. The molecule has 1 aromatic heterocycles. The Labute approximate surface area is 229 Å². The molecule has 2 heterocycles. The Balaban J connectivity index is 1.43. The summed E-state index contributed by atoms with van der Waals surface area (Å²) in [6.45, 7) is 3.94. The third kappa shape index (κ3) is 4.95. The summed E-state index contributed by atoms with van der Waals surface area (Å²) < 4.78 is 0.594. The average molecular weight is 543 g/mol. The fourth-order valence-electron chi connectivity index (χ4n) is 4.92. The minimum Gasteiger partial charge on any atom is -0.384 e. The van der Waals surface area contributed by atoms with Gasteiger partial charge in [0.25, 0.3) is 0 Å². The summed E-state index contributed by atoms with van der Waals surface area (Å²) in [6, 6.07) is 17.7. The van der Waals surface area contributed by atoms with E-state index in [0.29, 0.717) is 39.9 Å². The fourth-order valence-corrected chi connectivity index (χ4v) is 6.61. The van der Waals surface area contributed by atoms with Crippen LogP contribution in [-0.4, -0.2) is 27.6 Å². The Hall–Kier alpha value is -3.94. The van der Waals surface area contributed by atoms with Gasteiger partial charge >= 0.3 is 0 Å². The topological polar surface area (TPSA) is 125 Å². The van der Waals surface area contributed by atoms with Crippen molar-refractivity contribution in [2.24, 2.45) is 5.73 Å². The molecule has 0 saturated carbocycles. The molecule has 3 N–H and O–H groups in total. The van der Waals surface area contributed by atoms with Gasteiger partial charge in [-0.2, -0.15) is 5.26 Å². The van der Waals surface area contributed by atoms with E-state index >= 15 is 0 Å². The third-order valence-corrected chi connectivity index (χ3v) is 8.67. The molecule has 1 aliphatic heterocycles. The first-order valence-corrected chi connectivity index (χ1v) is 14.0. The normalized spacial score (nSPS) is 17.3. The highest BCUT2D eigenvalue weighted by Crippen LogP contribution is 2.47. The van der Waals surface area contributed by atoms with Crippen molar-refractivity contribution in [3.8, 4) is 6.07 Å². The molecule has 0 saturated heterocycles. The summed E-state index contributed by atoms with van der Waals surface area (Å²) in [7, 11) is 0. The van der Waals surface area contributed by atoms with Gasteiger partial charge in [0.05, 0.1) is 23.3 Å². The van der Waals surface area contributed by atoms with E-state index < -0.39 is 5.92 Å². The highest BCUT2D eigenvalue weighted by atomic mass is 32.2. The molecule has 1 atom stereocenters. The van der Waals surface area contributed by atoms with Gasteiger partial charge in [-0.15, -0.1) is 10.2 Å². The van der Waals surface area contributed by atoms with E-state index in [-0.39, 0.29) is 23.3 Å². The lowest BCUT2D eigenvalue weighted by molar-refractivity contribution is -0.116. The van der Waals surface area contributed by atoms with E-state index in [1.54, 1.807) is 4.90 Å². The van der Waals surface area contributed by atoms with Gasteiger partial charge in [0.15, 0.2) is 10.1 Å². The van der Waals surface area contributed by atoms with E-state index in [0.717, 1.165) is 28.1 Å². The number of nitriles is 1. The lowest BCUT2D eigenvalue weighted by Crippen LogP contribution is -2.38. The number of ketones is 1. The van der Waals surface area contributed by atoms with Crippen LogP contribution in [0.5, 0.6) is 0 Å². The van der Waals surface area contributed by atoms with E-state index in [9.17, 15) is 14.9 Å². The predicted molar refractivity (Wildman–Crippen MR) is 150 cm³/mol. The maximum Gasteiger partial charge on any atom is 0.234 e. The van der Waals surface area contributed by atoms with Gasteiger partial charge in [-0.05, 0) is 55.5 Å². The summed E-state index contributed by atoms with van der Waals surface area (Å²) in [5, 5.41) is 22.1. The highest BCUT2D eigenvalue weighted by Gasteiger charge is 2.41. The second-order valence-electron chi connectivity index (χ2n) is 9.23. The van der Waals surface area contributed by atoms with Crippen LogP contribution in [0.1, 0.15) is 41.9 Å². The summed E-state index contributed by atoms with van der Waals surface area (Å²) in [4.78, 5) is 27.5. The lowest BCUT2D eigenvalue weighted by Gasteiger charge is -2.38. The molecule has 192 valence electrons. The van der Waals surface area contributed by atoms with Crippen LogP contribution in [0.15, 0.2) is 75.5 Å². The molecule has 1 amide bonds. The zero-order valence-electron chi connectivity index (χ0n) is 21.0. The Morgan fingerprint density at radius 2 is 2.03 bits per heavy atom. The molecule has 5 rings (SSSR count). The number of nitrogens with zero attached hydrogens (tertiary/aromatic N) is 4. The van der Waals surface area contributed by atoms with E-state index in [1.165, 1.54) is 23.1 Å². The number of benzene rings is 2. The number of aryl methyl sites for hydroxylation is 2. The van der Waals surface area contributed by atoms with Crippen molar-refractivity contribution in [1.82, 2.24) is 10.2 Å². The van der Waals surface area contributed by atoms with Gasteiger partial charge < -0.3 is 11.1 Å². The van der Waals surface area contributed by atoms with Gasteiger partial charge in [0.2, 0.25) is 11.0 Å². The average Bonchev–Trinajstić information content (AvgIpc) is 3.36. The van der Waals surface area contributed by atoms with E-state index in [2.05, 4.69) is 21.6 Å². The first kappa shape index (κ1) is 25.7. The molecule has 2 aromatic carbocycles. The number of anilines is 2. The van der Waals surface area contributed by atoms with Crippen LogP contribution >= 0.6 is 23.1 Å². The van der Waals surface area contributed by atoms with E-state index in [4.69, 9.17) is 5.73 Å². The third-order valence-electron chi connectivity index (χ3n) is 6.63. The van der Waals surface area contributed by atoms with Crippen molar-refractivity contribution in [1.29, 1.82) is 5.26 Å². The van der Waals surface area contributed by atoms with Crippen LogP contribution in [0.2, 0.25) is 0 Å². The quantitative estimate of drug-likeness (QED) is 0.408. The van der Waals surface area contributed by atoms with Crippen LogP contribution in [0.3, 0.4) is 0 Å². The van der Waals surface area contributed by atoms with Gasteiger partial charge in [-0.1, -0.05) is 59.5 Å². The number of thioether (sulfide) groups is 1. The second-order valence-corrected chi connectivity index (χ2v) is 11.4. The number of Topliss-reactive ketones (excluding diaryl/α,β-unsaturated/α-hetero) is 1. The molecular weight excluding hydrogens is 516 g/mol. The number of amides is 1. The summed E-state index contributed by atoms with van der Waals surface area (Å²) in [6.07, 6.45) is 1.77. The van der Waals surface area contributed by atoms with Gasteiger partial charge in [-0.3, -0.25) is 14.5 Å². The van der Waals surface area contributed by atoms with Gasteiger partial charge in [-0.25, -0.2) is 0 Å². The van der Waals surface area contributed by atoms with Crippen molar-refractivity contribution in [3.63, 3.8) is 0 Å². The monoisotopic (exact) mass is 542 g/mol. The second kappa shape index (κ2) is 10.8. The molecule has 1 unspecified atom stereocenters. The summed E-state index contributed by atoms with van der Waals surface area (Å²) in [5.41, 5.74) is 12.1. The number of rotatable bonds is 6. The molecule has 3 aromatic rings. The standard InChI is InChI=1S/C28H26N6O2S2/c1-16-7-5-9-18(13-16)31-23(36)15-37-28-33-32-27(38-28)34-21-11-6-12-22(35)25(21)24(20(14-29)26(34)30)19-10-4-3-8-17(19)2/h3-5,7-10,13,24H,6,11-12,15,30H2,1-2H3,(H,31,36). The molecular formula is C28H26N6O2S2. The number of allylic oxidation sites excluding steroid dienone is 3. The number of carbonyl (C=O) groups is 2. The highest BCUT2D eigenvalue weighted by molar-refractivity contribution is 8.01. The largest absolute Gasteiger partial charge is 0.384 e. The Bertz CT molecular complexity index is 1530. The van der Waals surface area contributed by atoms with Gasteiger partial charge in [0.1, 0.15) is 5.82 Å². The number of nitrogens with two attached hydrogens (primary N) is 1. The van der Waals surface area contributed by atoms with Crippen molar-refractivity contribution < 1.29 is 9.59 Å². The number of hydrogen-bond donors (Lipinski definition) is 2. The van der Waals surface area contributed by atoms with Crippen LogP contribution in [0, 0.1) is 25.2 Å². The molecule has 0 radical (unpaired) electrons. The van der Waals surface area contributed by atoms with Crippen molar-refractivity contribution >= 4 is 45.6 Å². The van der Waals surface area contributed by atoms with Crippen LogP contribution in [0.25, 0.3) is 0 Å². The lowest BCUT2D eigenvalue weighted by atomic mass is 9.75. The van der Waals surface area contributed by atoms with Gasteiger partial charge in [0, 0.05) is 23.4 Å². The van der Waals surface area contributed by atoms with Crippen molar-refractivity contribution in [2.45, 2.75) is 43.4 Å². The molecule has 1 aliphatic carbocycles. The van der Waals surface area contributed by atoms with E-state index in [1.807, 2.05) is 62.4 Å². The first-order valence-electron chi connectivity index (χ1n) is 12.2. The first-order chi connectivity index (χ1) is 18.4. The fraction of sp³-hybridized carbons (Fsp3) is 0.250. The molecule has 0 fully saturated rings. The molecule has 0 bridgehead atoms. The maximum atomic E-state index is 13.3. The molecule has 38 heavy (non-hydrogen) atoms.